The number of anilines is 2. The van der Waals surface area contributed by atoms with E-state index in [9.17, 15) is 13.5 Å². The maximum Gasteiger partial charge on any atom is 0.321 e. The van der Waals surface area contributed by atoms with Crippen LogP contribution in [0.2, 0.25) is 20.1 Å². The molecule has 0 unspecified atom stereocenters. The summed E-state index contributed by atoms with van der Waals surface area (Å²) in [6, 6.07) is 2.50. The maximum atomic E-state index is 12.9. The van der Waals surface area contributed by atoms with Crippen molar-refractivity contribution in [2.24, 2.45) is 0 Å². The van der Waals surface area contributed by atoms with Gasteiger partial charge in [-0.05, 0) is 18.6 Å². The van der Waals surface area contributed by atoms with E-state index in [2.05, 4.69) is 16.4 Å². The van der Waals surface area contributed by atoms with Crippen molar-refractivity contribution in [1.82, 2.24) is 0 Å². The Labute approximate surface area is 251 Å². The van der Waals surface area contributed by atoms with Crippen LogP contribution in [-0.2, 0) is 10.2 Å². The van der Waals surface area contributed by atoms with Crippen molar-refractivity contribution in [3.63, 3.8) is 0 Å². The Hall–Kier alpha value is -1.65. The van der Waals surface area contributed by atoms with E-state index in [-0.39, 0.29) is 48.7 Å². The predicted octanol–water partition coefficient (Wildman–Crippen LogP) is 9.09. The van der Waals surface area contributed by atoms with Crippen LogP contribution in [0.5, 0.6) is 23.0 Å². The lowest BCUT2D eigenvalue weighted by Crippen LogP contribution is -2.22. The van der Waals surface area contributed by atoms with Crippen LogP contribution in [0.1, 0.15) is 71.1 Å². The number of ether oxygens (including phenoxy) is 3. The third kappa shape index (κ3) is 10.0. The summed E-state index contributed by atoms with van der Waals surface area (Å²) in [4.78, 5) is 0. The molecule has 0 atom stereocenters. The molecule has 0 amide bonds. The highest BCUT2D eigenvalue weighted by atomic mass is 35.5. The minimum atomic E-state index is -4.30. The summed E-state index contributed by atoms with van der Waals surface area (Å²) in [5.74, 6) is -0.332. The fourth-order valence-electron chi connectivity index (χ4n) is 3.94. The number of benzene rings is 2. The Morgan fingerprint density at radius 1 is 0.718 bits per heavy atom. The van der Waals surface area contributed by atoms with Gasteiger partial charge in [0.1, 0.15) is 10.0 Å². The van der Waals surface area contributed by atoms with Crippen LogP contribution < -0.4 is 23.7 Å². The fourth-order valence-corrected chi connectivity index (χ4v) is 6.04. The third-order valence-corrected chi connectivity index (χ3v) is 8.16. The second-order valence-corrected chi connectivity index (χ2v) is 11.9. The first-order valence-corrected chi connectivity index (χ1v) is 15.8. The summed E-state index contributed by atoms with van der Waals surface area (Å²) >= 11 is 24.8. The summed E-state index contributed by atoms with van der Waals surface area (Å²) in [6.45, 7) is 2.63. The van der Waals surface area contributed by atoms with E-state index in [0.29, 0.717) is 6.61 Å². The first-order chi connectivity index (χ1) is 18.6. The molecule has 0 spiro atoms. The number of unbranched alkanes of at least 4 members (excludes halogenated alkanes) is 9. The molecule has 8 nitrogen and oxygen atoms in total. The monoisotopic (exact) mass is 644 g/mol. The summed E-state index contributed by atoms with van der Waals surface area (Å²) < 4.78 is 46.7. The Kier molecular flexibility index (Phi) is 14.3. The quantitative estimate of drug-likeness (QED) is 0.110. The highest BCUT2D eigenvalue weighted by Gasteiger charge is 2.24. The highest BCUT2D eigenvalue weighted by molar-refractivity contribution is 7.94. The normalized spacial score (nSPS) is 11.4. The lowest BCUT2D eigenvalue weighted by Gasteiger charge is -2.19. The van der Waals surface area contributed by atoms with E-state index in [0.717, 1.165) is 25.3 Å². The Morgan fingerprint density at radius 2 is 1.18 bits per heavy atom. The van der Waals surface area contributed by atoms with Gasteiger partial charge in [-0.3, -0.25) is 9.44 Å². The average Bonchev–Trinajstić information content (AvgIpc) is 2.87. The average molecular weight is 646 g/mol. The number of rotatable bonds is 18. The Morgan fingerprint density at radius 3 is 1.69 bits per heavy atom. The molecule has 0 radical (unpaired) electrons. The first-order valence-electron chi connectivity index (χ1n) is 12.8. The summed E-state index contributed by atoms with van der Waals surface area (Å²) in [6.07, 6.45) is 12.0. The van der Waals surface area contributed by atoms with Gasteiger partial charge in [0.15, 0.2) is 23.0 Å². The van der Waals surface area contributed by atoms with Crippen LogP contribution in [0, 0.1) is 0 Å². The van der Waals surface area contributed by atoms with Gasteiger partial charge in [0, 0.05) is 0 Å². The highest BCUT2D eigenvalue weighted by Crippen LogP contribution is 2.47. The van der Waals surface area contributed by atoms with Crippen LogP contribution in [-0.4, -0.2) is 34.4 Å². The van der Waals surface area contributed by atoms with E-state index in [4.69, 9.17) is 60.6 Å². The van der Waals surface area contributed by atoms with E-state index in [1.165, 1.54) is 65.2 Å². The molecule has 2 aromatic carbocycles. The molecule has 3 N–H and O–H groups in total. The number of phenolic OH excluding ortho intramolecular Hbond substituents is 1. The molecule has 0 aromatic heterocycles. The Balaban J connectivity index is 2.01. The molecular formula is C26H36Cl4N2O6S. The largest absolute Gasteiger partial charge is 0.505 e. The Bertz CT molecular complexity index is 1200. The second-order valence-electron chi connectivity index (χ2n) is 8.92. The molecule has 0 saturated heterocycles. The number of phenols is 1. The van der Waals surface area contributed by atoms with E-state index < -0.39 is 16.0 Å². The van der Waals surface area contributed by atoms with Gasteiger partial charge in [-0.15, -0.1) is 0 Å². The lowest BCUT2D eigenvalue weighted by atomic mass is 10.1. The standard InChI is InChI=1S/C26H36Cl4N2O6S/c1-4-5-6-7-8-9-10-11-12-13-14-38-24-18(28)16-20(26(37-3)22(24)30)32-39(34,35)31-19-15-17(27)23(33)21(29)25(19)36-2/h15-16,31-33H,4-14H2,1-3H3. The van der Waals surface area contributed by atoms with Crippen molar-refractivity contribution in [1.29, 1.82) is 0 Å². The van der Waals surface area contributed by atoms with Crippen LogP contribution in [0.3, 0.4) is 0 Å². The fraction of sp³-hybridized carbons (Fsp3) is 0.538. The smallest absolute Gasteiger partial charge is 0.321 e. The topological polar surface area (TPSA) is 106 Å². The molecule has 0 aliphatic rings. The van der Waals surface area contributed by atoms with E-state index in [1.54, 1.807) is 0 Å². The van der Waals surface area contributed by atoms with Gasteiger partial charge < -0.3 is 19.3 Å². The van der Waals surface area contributed by atoms with Gasteiger partial charge in [-0.25, -0.2) is 0 Å². The minimum absolute atomic E-state index is 0.0262. The number of hydrogen-bond acceptors (Lipinski definition) is 6. The van der Waals surface area contributed by atoms with E-state index in [1.807, 2.05) is 0 Å². The molecule has 0 bridgehead atoms. The number of aromatic hydroxyl groups is 1. The molecule has 2 aromatic rings. The number of methoxy groups -OCH3 is 2. The van der Waals surface area contributed by atoms with E-state index >= 15 is 0 Å². The van der Waals surface area contributed by atoms with Crippen LogP contribution >= 0.6 is 46.4 Å². The molecule has 0 fully saturated rings. The minimum Gasteiger partial charge on any atom is -0.505 e. The van der Waals surface area contributed by atoms with Crippen molar-refractivity contribution >= 4 is 68.0 Å². The molecule has 13 heteroatoms. The van der Waals surface area contributed by atoms with Crippen molar-refractivity contribution in [3.8, 4) is 23.0 Å². The molecule has 0 saturated carbocycles. The predicted molar refractivity (Wildman–Crippen MR) is 161 cm³/mol. The summed E-state index contributed by atoms with van der Waals surface area (Å²) in [5.41, 5.74) is -0.133. The maximum absolute atomic E-state index is 12.9. The van der Waals surface area contributed by atoms with Gasteiger partial charge in [0.2, 0.25) is 0 Å². The van der Waals surface area contributed by atoms with Gasteiger partial charge in [-0.2, -0.15) is 8.42 Å². The zero-order valence-corrected chi connectivity index (χ0v) is 26.2. The van der Waals surface area contributed by atoms with Crippen LogP contribution in [0.4, 0.5) is 11.4 Å². The van der Waals surface area contributed by atoms with Crippen molar-refractivity contribution in [3.05, 3.63) is 32.2 Å². The first kappa shape index (κ1) is 33.6. The van der Waals surface area contributed by atoms with Crippen molar-refractivity contribution in [2.75, 3.05) is 30.3 Å². The molecule has 2 rings (SSSR count). The molecule has 0 heterocycles. The lowest BCUT2D eigenvalue weighted by molar-refractivity contribution is 0.302. The zero-order chi connectivity index (χ0) is 29.0. The molecule has 39 heavy (non-hydrogen) atoms. The number of hydrogen-bond donors (Lipinski definition) is 3. The van der Waals surface area contributed by atoms with Crippen molar-refractivity contribution in [2.45, 2.75) is 71.1 Å². The summed E-state index contributed by atoms with van der Waals surface area (Å²) in [7, 11) is -1.70. The van der Waals surface area contributed by atoms with Gasteiger partial charge >= 0.3 is 10.2 Å². The number of halogens is 4. The molecule has 0 aliphatic heterocycles. The van der Waals surface area contributed by atoms with Gasteiger partial charge in [-0.1, -0.05) is 111 Å². The third-order valence-electron chi connectivity index (χ3n) is 5.92. The molecule has 220 valence electrons. The van der Waals surface area contributed by atoms with Crippen molar-refractivity contribution < 1.29 is 27.7 Å². The SMILES string of the molecule is CCCCCCCCCCCCOc1c(Cl)cc(NS(=O)(=O)Nc2cc(Cl)c(O)c(Cl)c2OC)c(OC)c1Cl. The molecular weight excluding hydrogens is 610 g/mol. The van der Waals surface area contributed by atoms with Crippen LogP contribution in [0.25, 0.3) is 0 Å². The van der Waals surface area contributed by atoms with Crippen LogP contribution in [0.15, 0.2) is 12.1 Å². The number of nitrogens with one attached hydrogen (secondary N) is 2. The van der Waals surface area contributed by atoms with Gasteiger partial charge in [0.25, 0.3) is 0 Å². The van der Waals surface area contributed by atoms with Gasteiger partial charge in [0.05, 0.1) is 42.2 Å². The second kappa shape index (κ2) is 16.6. The molecule has 0 aliphatic carbocycles. The summed E-state index contributed by atoms with van der Waals surface area (Å²) in [5, 5.41) is 9.61. The zero-order valence-electron chi connectivity index (χ0n) is 22.3.